The van der Waals surface area contributed by atoms with Gasteiger partial charge >= 0.3 is 0 Å². The number of aryl methyl sites for hydroxylation is 1. The highest BCUT2D eigenvalue weighted by atomic mass is 32.2. The van der Waals surface area contributed by atoms with Crippen LogP contribution in [0.15, 0.2) is 64.0 Å². The summed E-state index contributed by atoms with van der Waals surface area (Å²) in [7, 11) is -3.76. The summed E-state index contributed by atoms with van der Waals surface area (Å²) in [5.41, 5.74) is 2.68. The highest BCUT2D eigenvalue weighted by molar-refractivity contribution is 7.89. The number of hydrogen-bond acceptors (Lipinski definition) is 5. The largest absolute Gasteiger partial charge is 0.441 e. The number of oxazole rings is 1. The van der Waals surface area contributed by atoms with E-state index < -0.39 is 10.0 Å². The minimum absolute atomic E-state index is 0.00996. The van der Waals surface area contributed by atoms with Crippen molar-refractivity contribution in [1.82, 2.24) is 4.98 Å². The minimum Gasteiger partial charge on any atom is -0.441 e. The van der Waals surface area contributed by atoms with Crippen molar-refractivity contribution in [2.45, 2.75) is 37.5 Å². The van der Waals surface area contributed by atoms with Gasteiger partial charge < -0.3 is 9.73 Å². The monoisotopic (exact) mass is 413 g/mol. The van der Waals surface area contributed by atoms with Crippen LogP contribution in [0.1, 0.15) is 37.6 Å². The summed E-state index contributed by atoms with van der Waals surface area (Å²) in [6.07, 6.45) is 2.19. The van der Waals surface area contributed by atoms with Crippen molar-refractivity contribution in [3.05, 3.63) is 66.2 Å². The second-order valence-corrected chi connectivity index (χ2v) is 8.57. The Bertz CT molecular complexity index is 1090. The molecule has 0 spiro atoms. The van der Waals surface area contributed by atoms with Crippen LogP contribution in [0, 0.1) is 0 Å². The molecule has 0 saturated heterocycles. The number of primary sulfonamides is 1. The molecule has 0 fully saturated rings. The van der Waals surface area contributed by atoms with Gasteiger partial charge in [0, 0.05) is 24.1 Å². The maximum atomic E-state index is 12.1. The third kappa shape index (κ3) is 5.52. The molecular weight excluding hydrogens is 390 g/mol. The van der Waals surface area contributed by atoms with E-state index >= 15 is 0 Å². The Labute approximate surface area is 170 Å². The Kier molecular flexibility index (Phi) is 6.14. The Hall–Kier alpha value is -2.97. The number of benzene rings is 2. The zero-order valence-electron chi connectivity index (χ0n) is 16.3. The topological polar surface area (TPSA) is 115 Å². The van der Waals surface area contributed by atoms with E-state index in [0.29, 0.717) is 29.7 Å². The maximum absolute atomic E-state index is 12.1. The average Bonchev–Trinajstić information content (AvgIpc) is 3.15. The number of rotatable bonds is 7. The van der Waals surface area contributed by atoms with Crippen molar-refractivity contribution in [2.24, 2.45) is 5.14 Å². The molecule has 152 valence electrons. The standard InChI is InChI=1S/C21H23N3O4S/c1-14(2)15-3-5-16(6-4-15)19-13-23-21(28-19)12-11-20(25)24-17-7-9-18(10-8-17)29(22,26)27/h3-10,13-14H,11-12H2,1-2H3,(H,24,25)(H2,22,26,27). The number of nitrogens with one attached hydrogen (secondary N) is 1. The van der Waals surface area contributed by atoms with Crippen LogP contribution in [0.2, 0.25) is 0 Å². The van der Waals surface area contributed by atoms with Crippen molar-refractivity contribution >= 4 is 21.6 Å². The zero-order chi connectivity index (χ0) is 21.0. The molecule has 7 nitrogen and oxygen atoms in total. The summed E-state index contributed by atoms with van der Waals surface area (Å²) < 4.78 is 28.3. The van der Waals surface area contributed by atoms with Crippen molar-refractivity contribution in [2.75, 3.05) is 5.32 Å². The van der Waals surface area contributed by atoms with E-state index in [9.17, 15) is 13.2 Å². The first-order valence-electron chi connectivity index (χ1n) is 9.20. The van der Waals surface area contributed by atoms with E-state index in [2.05, 4.69) is 36.3 Å². The van der Waals surface area contributed by atoms with Gasteiger partial charge in [0.15, 0.2) is 11.7 Å². The van der Waals surface area contributed by atoms with Crippen molar-refractivity contribution in [3.63, 3.8) is 0 Å². The van der Waals surface area contributed by atoms with Crippen LogP contribution < -0.4 is 10.5 Å². The molecular formula is C21H23N3O4S. The number of nitrogens with two attached hydrogens (primary N) is 1. The molecule has 3 aromatic rings. The fourth-order valence-electron chi connectivity index (χ4n) is 2.76. The van der Waals surface area contributed by atoms with E-state index in [1.165, 1.54) is 29.8 Å². The van der Waals surface area contributed by atoms with Crippen LogP contribution in [-0.2, 0) is 21.2 Å². The van der Waals surface area contributed by atoms with Crippen LogP contribution in [0.5, 0.6) is 0 Å². The molecule has 0 atom stereocenters. The first-order valence-corrected chi connectivity index (χ1v) is 10.7. The third-order valence-electron chi connectivity index (χ3n) is 4.45. The van der Waals surface area contributed by atoms with E-state index in [0.717, 1.165) is 5.56 Å². The Morgan fingerprint density at radius 1 is 1.10 bits per heavy atom. The number of anilines is 1. The lowest BCUT2D eigenvalue weighted by Gasteiger charge is -2.05. The first-order chi connectivity index (χ1) is 13.7. The molecule has 2 aromatic carbocycles. The molecule has 0 bridgehead atoms. The summed E-state index contributed by atoms with van der Waals surface area (Å²) >= 11 is 0. The molecule has 1 aromatic heterocycles. The second-order valence-electron chi connectivity index (χ2n) is 7.01. The molecule has 0 radical (unpaired) electrons. The molecule has 3 rings (SSSR count). The van der Waals surface area contributed by atoms with Gasteiger partial charge in [-0.25, -0.2) is 18.5 Å². The fraction of sp³-hybridized carbons (Fsp3) is 0.238. The van der Waals surface area contributed by atoms with Gasteiger partial charge in [-0.2, -0.15) is 0 Å². The minimum atomic E-state index is -3.76. The van der Waals surface area contributed by atoms with Crippen molar-refractivity contribution in [1.29, 1.82) is 0 Å². The molecule has 0 saturated carbocycles. The van der Waals surface area contributed by atoms with Gasteiger partial charge in [-0.05, 0) is 35.7 Å². The number of nitrogens with zero attached hydrogens (tertiary/aromatic N) is 1. The fourth-order valence-corrected chi connectivity index (χ4v) is 3.28. The Morgan fingerprint density at radius 3 is 2.34 bits per heavy atom. The van der Waals surface area contributed by atoms with Gasteiger partial charge in [0.25, 0.3) is 0 Å². The lowest BCUT2D eigenvalue weighted by Crippen LogP contribution is -2.14. The maximum Gasteiger partial charge on any atom is 0.238 e. The van der Waals surface area contributed by atoms with Gasteiger partial charge in [0.05, 0.1) is 11.1 Å². The van der Waals surface area contributed by atoms with Crippen LogP contribution in [0.4, 0.5) is 5.69 Å². The summed E-state index contributed by atoms with van der Waals surface area (Å²) in [6.45, 7) is 4.28. The SMILES string of the molecule is CC(C)c1ccc(-c2cnc(CCC(=O)Nc3ccc(S(N)(=O)=O)cc3)o2)cc1. The lowest BCUT2D eigenvalue weighted by molar-refractivity contribution is -0.116. The van der Waals surface area contributed by atoms with E-state index in [4.69, 9.17) is 9.56 Å². The van der Waals surface area contributed by atoms with E-state index in [1.807, 2.05) is 12.1 Å². The number of amides is 1. The highest BCUT2D eigenvalue weighted by Crippen LogP contribution is 2.24. The molecule has 1 amide bonds. The van der Waals surface area contributed by atoms with Gasteiger partial charge in [-0.1, -0.05) is 38.1 Å². The number of aromatic nitrogens is 1. The Morgan fingerprint density at radius 2 is 1.76 bits per heavy atom. The van der Waals surface area contributed by atoms with Gasteiger partial charge in [0.1, 0.15) is 0 Å². The zero-order valence-corrected chi connectivity index (χ0v) is 17.1. The molecule has 3 N–H and O–H groups in total. The summed E-state index contributed by atoms with van der Waals surface area (Å²) in [6, 6.07) is 13.8. The van der Waals surface area contributed by atoms with E-state index in [1.54, 1.807) is 6.20 Å². The normalized spacial score (nSPS) is 11.6. The van der Waals surface area contributed by atoms with Gasteiger partial charge in [-0.15, -0.1) is 0 Å². The smallest absolute Gasteiger partial charge is 0.238 e. The quantitative estimate of drug-likeness (QED) is 0.613. The summed E-state index contributed by atoms with van der Waals surface area (Å²) in [4.78, 5) is 16.4. The third-order valence-corrected chi connectivity index (χ3v) is 5.38. The summed E-state index contributed by atoms with van der Waals surface area (Å²) in [5.74, 6) is 1.38. The Balaban J connectivity index is 1.56. The van der Waals surface area contributed by atoms with Crippen molar-refractivity contribution < 1.29 is 17.6 Å². The molecule has 1 heterocycles. The van der Waals surface area contributed by atoms with Crippen LogP contribution >= 0.6 is 0 Å². The van der Waals surface area contributed by atoms with Gasteiger partial charge in [0.2, 0.25) is 15.9 Å². The molecule has 0 aliphatic heterocycles. The average molecular weight is 413 g/mol. The lowest BCUT2D eigenvalue weighted by atomic mass is 10.0. The number of hydrogen-bond donors (Lipinski definition) is 2. The van der Waals surface area contributed by atoms with Crippen molar-refractivity contribution in [3.8, 4) is 11.3 Å². The predicted molar refractivity (Wildman–Crippen MR) is 111 cm³/mol. The van der Waals surface area contributed by atoms with Crippen LogP contribution in [0.3, 0.4) is 0 Å². The van der Waals surface area contributed by atoms with Crippen LogP contribution in [0.25, 0.3) is 11.3 Å². The molecule has 0 aliphatic carbocycles. The number of carbonyl (C=O) groups is 1. The molecule has 29 heavy (non-hydrogen) atoms. The molecule has 8 heteroatoms. The van der Waals surface area contributed by atoms with E-state index in [-0.39, 0.29) is 17.2 Å². The molecule has 0 unspecified atom stereocenters. The summed E-state index contributed by atoms with van der Waals surface area (Å²) in [5, 5.41) is 7.75. The second kappa shape index (κ2) is 8.59. The number of carbonyl (C=O) groups excluding carboxylic acids is 1. The number of sulfonamides is 1. The first kappa shape index (κ1) is 20.8. The van der Waals surface area contributed by atoms with Crippen LogP contribution in [-0.4, -0.2) is 19.3 Å². The molecule has 0 aliphatic rings. The predicted octanol–water partition coefficient (Wildman–Crippen LogP) is 3.68. The van der Waals surface area contributed by atoms with Gasteiger partial charge in [-0.3, -0.25) is 4.79 Å². The highest BCUT2D eigenvalue weighted by Gasteiger charge is 2.11.